The third-order valence-electron chi connectivity index (χ3n) is 2.59. The molecule has 0 amide bonds. The van der Waals surface area contributed by atoms with Crippen LogP contribution in [-0.2, 0) is 10.0 Å². The standard InChI is InChI=1S/C13H13N3O3S/c1-9(17)10-3-2-4-11(7-10)16-20(18,19)12-5-6-13(14)15-8-12/h2-8,16H,1H3,(H2,14,15). The van der Waals surface area contributed by atoms with Gasteiger partial charge in [0.1, 0.15) is 10.7 Å². The number of aromatic nitrogens is 1. The Labute approximate surface area is 116 Å². The smallest absolute Gasteiger partial charge is 0.263 e. The van der Waals surface area contributed by atoms with Crippen molar-refractivity contribution >= 4 is 27.3 Å². The molecule has 0 aliphatic heterocycles. The number of ketones is 1. The van der Waals surface area contributed by atoms with Gasteiger partial charge in [0.2, 0.25) is 0 Å². The summed E-state index contributed by atoms with van der Waals surface area (Å²) in [5.41, 5.74) is 6.16. The van der Waals surface area contributed by atoms with Crippen molar-refractivity contribution in [3.8, 4) is 0 Å². The van der Waals surface area contributed by atoms with Gasteiger partial charge in [0, 0.05) is 17.4 Å². The predicted octanol–water partition coefficient (Wildman–Crippen LogP) is 1.67. The Hall–Kier alpha value is -2.41. The summed E-state index contributed by atoms with van der Waals surface area (Å²) in [7, 11) is -3.75. The number of pyridine rings is 1. The number of rotatable bonds is 4. The van der Waals surface area contributed by atoms with Crippen molar-refractivity contribution in [2.75, 3.05) is 10.5 Å². The van der Waals surface area contributed by atoms with E-state index in [4.69, 9.17) is 5.73 Å². The van der Waals surface area contributed by atoms with Crippen molar-refractivity contribution in [1.82, 2.24) is 4.98 Å². The molecule has 0 bridgehead atoms. The fraction of sp³-hybridized carbons (Fsp3) is 0.0769. The molecule has 0 fully saturated rings. The second-order valence-electron chi connectivity index (χ2n) is 4.16. The van der Waals surface area contributed by atoms with Crippen LogP contribution in [0.2, 0.25) is 0 Å². The molecule has 0 unspecified atom stereocenters. The second kappa shape index (κ2) is 5.30. The summed E-state index contributed by atoms with van der Waals surface area (Å²) in [5.74, 6) is 0.0997. The predicted molar refractivity (Wildman–Crippen MR) is 75.9 cm³/mol. The van der Waals surface area contributed by atoms with Gasteiger partial charge in [-0.25, -0.2) is 13.4 Å². The molecule has 20 heavy (non-hydrogen) atoms. The van der Waals surface area contributed by atoms with Crippen molar-refractivity contribution in [2.45, 2.75) is 11.8 Å². The van der Waals surface area contributed by atoms with Crippen molar-refractivity contribution in [3.63, 3.8) is 0 Å². The Balaban J connectivity index is 2.31. The molecule has 0 aliphatic carbocycles. The molecule has 3 N–H and O–H groups in total. The van der Waals surface area contributed by atoms with Crippen LogP contribution >= 0.6 is 0 Å². The molecule has 6 nitrogen and oxygen atoms in total. The van der Waals surface area contributed by atoms with Gasteiger partial charge in [0.15, 0.2) is 5.78 Å². The monoisotopic (exact) mass is 291 g/mol. The number of carbonyl (C=O) groups is 1. The van der Waals surface area contributed by atoms with Crippen LogP contribution in [-0.4, -0.2) is 19.2 Å². The van der Waals surface area contributed by atoms with E-state index in [0.29, 0.717) is 11.3 Å². The lowest BCUT2D eigenvalue weighted by Gasteiger charge is -2.08. The largest absolute Gasteiger partial charge is 0.384 e. The topological polar surface area (TPSA) is 102 Å². The van der Waals surface area contributed by atoms with Gasteiger partial charge in [-0.2, -0.15) is 0 Å². The van der Waals surface area contributed by atoms with Crippen molar-refractivity contribution in [3.05, 3.63) is 48.2 Å². The first-order chi connectivity index (χ1) is 9.38. The molecule has 7 heteroatoms. The number of nitrogens with one attached hydrogen (secondary N) is 1. The summed E-state index contributed by atoms with van der Waals surface area (Å²) < 4.78 is 26.6. The Morgan fingerprint density at radius 1 is 1.25 bits per heavy atom. The van der Waals surface area contributed by atoms with E-state index in [2.05, 4.69) is 9.71 Å². The highest BCUT2D eigenvalue weighted by molar-refractivity contribution is 7.92. The first-order valence-electron chi connectivity index (χ1n) is 5.74. The maximum Gasteiger partial charge on any atom is 0.263 e. The van der Waals surface area contributed by atoms with Gasteiger partial charge < -0.3 is 5.73 Å². The average molecular weight is 291 g/mol. The molecule has 2 aromatic rings. The Kier molecular flexibility index (Phi) is 3.71. The number of hydrogen-bond acceptors (Lipinski definition) is 5. The molecular weight excluding hydrogens is 278 g/mol. The first-order valence-corrected chi connectivity index (χ1v) is 7.22. The lowest BCUT2D eigenvalue weighted by molar-refractivity contribution is 0.101. The van der Waals surface area contributed by atoms with Gasteiger partial charge in [-0.1, -0.05) is 12.1 Å². The zero-order valence-corrected chi connectivity index (χ0v) is 11.5. The molecule has 1 aromatic carbocycles. The van der Waals surface area contributed by atoms with E-state index in [9.17, 15) is 13.2 Å². The summed E-state index contributed by atoms with van der Waals surface area (Å²) in [4.78, 5) is 15.0. The van der Waals surface area contributed by atoms with Crippen LogP contribution in [0.1, 0.15) is 17.3 Å². The normalized spacial score (nSPS) is 11.1. The molecule has 1 aromatic heterocycles. The second-order valence-corrected chi connectivity index (χ2v) is 5.84. The summed E-state index contributed by atoms with van der Waals surface area (Å²) >= 11 is 0. The van der Waals surface area contributed by atoms with E-state index in [1.807, 2.05) is 0 Å². The molecule has 0 aliphatic rings. The quantitative estimate of drug-likeness (QED) is 0.834. The molecule has 1 heterocycles. The van der Waals surface area contributed by atoms with Crippen molar-refractivity contribution < 1.29 is 13.2 Å². The number of nitrogen functional groups attached to an aromatic ring is 1. The Morgan fingerprint density at radius 2 is 2.00 bits per heavy atom. The lowest BCUT2D eigenvalue weighted by atomic mass is 10.1. The van der Waals surface area contributed by atoms with Crippen molar-refractivity contribution in [1.29, 1.82) is 0 Å². The minimum absolute atomic E-state index is 0.0000666. The zero-order valence-electron chi connectivity index (χ0n) is 10.7. The molecule has 0 atom stereocenters. The Bertz CT molecular complexity index is 740. The van der Waals surface area contributed by atoms with E-state index in [-0.39, 0.29) is 16.5 Å². The molecular formula is C13H13N3O3S. The van der Waals surface area contributed by atoms with Gasteiger partial charge in [-0.05, 0) is 31.2 Å². The third kappa shape index (κ3) is 3.12. The fourth-order valence-electron chi connectivity index (χ4n) is 1.57. The number of hydrogen-bond donors (Lipinski definition) is 2. The zero-order chi connectivity index (χ0) is 14.8. The molecule has 0 saturated carbocycles. The molecule has 0 spiro atoms. The highest BCUT2D eigenvalue weighted by Gasteiger charge is 2.15. The molecule has 0 radical (unpaired) electrons. The van der Waals surface area contributed by atoms with E-state index in [1.165, 1.54) is 31.3 Å². The number of benzene rings is 1. The fourth-order valence-corrected chi connectivity index (χ4v) is 2.56. The number of Topliss-reactive ketones (excluding diaryl/α,β-unsaturated/α-hetero) is 1. The highest BCUT2D eigenvalue weighted by Crippen LogP contribution is 2.17. The number of carbonyl (C=O) groups excluding carboxylic acids is 1. The molecule has 104 valence electrons. The van der Waals surface area contributed by atoms with Gasteiger partial charge in [0.05, 0.1) is 0 Å². The van der Waals surface area contributed by atoms with Crippen LogP contribution in [0.15, 0.2) is 47.5 Å². The summed E-state index contributed by atoms with van der Waals surface area (Å²) in [5, 5.41) is 0. The van der Waals surface area contributed by atoms with Gasteiger partial charge in [-0.15, -0.1) is 0 Å². The van der Waals surface area contributed by atoms with E-state index in [1.54, 1.807) is 18.2 Å². The van der Waals surface area contributed by atoms with Gasteiger partial charge >= 0.3 is 0 Å². The number of anilines is 2. The average Bonchev–Trinajstić information content (AvgIpc) is 2.39. The number of nitrogens with zero attached hydrogens (tertiary/aromatic N) is 1. The van der Waals surface area contributed by atoms with Crippen molar-refractivity contribution in [2.24, 2.45) is 0 Å². The van der Waals surface area contributed by atoms with E-state index >= 15 is 0 Å². The van der Waals surface area contributed by atoms with E-state index < -0.39 is 10.0 Å². The summed E-state index contributed by atoms with van der Waals surface area (Å²) in [6.07, 6.45) is 1.17. The molecule has 0 saturated heterocycles. The van der Waals surface area contributed by atoms with E-state index in [0.717, 1.165) is 0 Å². The minimum Gasteiger partial charge on any atom is -0.384 e. The Morgan fingerprint density at radius 3 is 2.60 bits per heavy atom. The summed E-state index contributed by atoms with van der Waals surface area (Å²) in [6.45, 7) is 1.41. The number of sulfonamides is 1. The maximum atomic E-state index is 12.1. The summed E-state index contributed by atoms with van der Waals surface area (Å²) in [6, 6.07) is 9.03. The van der Waals surface area contributed by atoms with Crippen LogP contribution in [0.3, 0.4) is 0 Å². The highest BCUT2D eigenvalue weighted by atomic mass is 32.2. The van der Waals surface area contributed by atoms with Crippen LogP contribution in [0, 0.1) is 0 Å². The maximum absolute atomic E-state index is 12.1. The third-order valence-corrected chi connectivity index (χ3v) is 3.96. The van der Waals surface area contributed by atoms with Gasteiger partial charge in [-0.3, -0.25) is 9.52 Å². The first kappa shape index (κ1) is 14.0. The minimum atomic E-state index is -3.75. The van der Waals surface area contributed by atoms with Crippen LogP contribution in [0.4, 0.5) is 11.5 Å². The van der Waals surface area contributed by atoms with Gasteiger partial charge in [0.25, 0.3) is 10.0 Å². The lowest BCUT2D eigenvalue weighted by Crippen LogP contribution is -2.13. The number of nitrogens with two attached hydrogens (primary N) is 1. The molecule has 2 rings (SSSR count). The van der Waals surface area contributed by atoms with Crippen LogP contribution in [0.5, 0.6) is 0 Å². The van der Waals surface area contributed by atoms with Crippen LogP contribution in [0.25, 0.3) is 0 Å². The van der Waals surface area contributed by atoms with Crippen LogP contribution < -0.4 is 10.5 Å². The SMILES string of the molecule is CC(=O)c1cccc(NS(=O)(=O)c2ccc(N)nc2)c1.